The van der Waals surface area contributed by atoms with E-state index in [2.05, 4.69) is 24.9 Å². The monoisotopic (exact) mass is 508 g/mol. The molecule has 0 aliphatic heterocycles. The number of nitrogens with two attached hydrogens (primary N) is 2. The molecule has 0 unspecified atom stereocenters. The SMILES string of the molecule is CN(Cc1cnc2nc(N)nc(N)c2n1)c1ccc(C(=O)N=C(CCC(=O)O)C(=O)OC(C)(C)C)cc1. The fraction of sp³-hybridized carbons (Fsp3) is 0.333. The lowest BCUT2D eigenvalue weighted by Gasteiger charge is -2.20. The summed E-state index contributed by atoms with van der Waals surface area (Å²) in [5, 5.41) is 8.97. The third-order valence-corrected chi connectivity index (χ3v) is 4.90. The number of aliphatic imine (C=N–C) groups is 1. The maximum Gasteiger partial charge on any atom is 0.353 e. The average molecular weight is 509 g/mol. The van der Waals surface area contributed by atoms with Crippen molar-refractivity contribution in [1.82, 2.24) is 19.9 Å². The first-order valence-electron chi connectivity index (χ1n) is 11.2. The van der Waals surface area contributed by atoms with Crippen LogP contribution in [0.15, 0.2) is 35.5 Å². The van der Waals surface area contributed by atoms with Crippen LogP contribution in [0.25, 0.3) is 11.2 Å². The second kappa shape index (κ2) is 10.9. The van der Waals surface area contributed by atoms with Gasteiger partial charge in [-0.25, -0.2) is 19.8 Å². The summed E-state index contributed by atoms with van der Waals surface area (Å²) in [6.45, 7) is 5.37. The number of benzene rings is 1. The molecule has 0 atom stereocenters. The van der Waals surface area contributed by atoms with Crippen molar-refractivity contribution in [1.29, 1.82) is 0 Å². The molecule has 0 aliphatic carbocycles. The molecule has 0 saturated heterocycles. The molecule has 1 amide bonds. The lowest BCUT2D eigenvalue weighted by atomic mass is 10.1. The van der Waals surface area contributed by atoms with E-state index in [9.17, 15) is 14.4 Å². The molecular weight excluding hydrogens is 480 g/mol. The van der Waals surface area contributed by atoms with E-state index in [0.29, 0.717) is 23.4 Å². The zero-order valence-corrected chi connectivity index (χ0v) is 20.9. The first kappa shape index (κ1) is 26.9. The van der Waals surface area contributed by atoms with Crippen molar-refractivity contribution in [3.05, 3.63) is 41.7 Å². The molecule has 0 bridgehead atoms. The number of hydrogen-bond donors (Lipinski definition) is 3. The van der Waals surface area contributed by atoms with Gasteiger partial charge >= 0.3 is 11.9 Å². The van der Waals surface area contributed by atoms with E-state index in [1.807, 2.05) is 11.9 Å². The number of rotatable bonds is 8. The second-order valence-electron chi connectivity index (χ2n) is 9.16. The first-order valence-corrected chi connectivity index (χ1v) is 11.2. The Morgan fingerprint density at radius 1 is 1.05 bits per heavy atom. The number of amides is 1. The molecule has 2 heterocycles. The summed E-state index contributed by atoms with van der Waals surface area (Å²) in [6, 6.07) is 6.53. The first-order chi connectivity index (χ1) is 17.3. The van der Waals surface area contributed by atoms with Gasteiger partial charge in [-0.15, -0.1) is 0 Å². The number of nitrogen functional groups attached to an aromatic ring is 2. The Morgan fingerprint density at radius 3 is 2.35 bits per heavy atom. The van der Waals surface area contributed by atoms with Gasteiger partial charge in [-0.3, -0.25) is 9.59 Å². The van der Waals surface area contributed by atoms with Gasteiger partial charge < -0.3 is 26.2 Å². The van der Waals surface area contributed by atoms with Crippen molar-refractivity contribution in [3.63, 3.8) is 0 Å². The Balaban J connectivity index is 1.75. The Kier molecular flexibility index (Phi) is 7.95. The predicted molar refractivity (Wildman–Crippen MR) is 137 cm³/mol. The van der Waals surface area contributed by atoms with Crippen LogP contribution in [0.2, 0.25) is 0 Å². The third kappa shape index (κ3) is 7.40. The Hall–Kier alpha value is -4.68. The highest BCUT2D eigenvalue weighted by Gasteiger charge is 2.23. The molecule has 0 aliphatic rings. The largest absolute Gasteiger partial charge is 0.481 e. The van der Waals surface area contributed by atoms with E-state index in [0.717, 1.165) is 5.69 Å². The molecular formula is C24H28N8O5. The molecule has 1 aromatic carbocycles. The zero-order chi connectivity index (χ0) is 27.3. The van der Waals surface area contributed by atoms with Crippen LogP contribution >= 0.6 is 0 Å². The predicted octanol–water partition coefficient (Wildman–Crippen LogP) is 2.01. The lowest BCUT2D eigenvalue weighted by molar-refractivity contribution is -0.146. The highest BCUT2D eigenvalue weighted by molar-refractivity contribution is 6.38. The molecule has 0 saturated carbocycles. The number of aromatic nitrogens is 4. The van der Waals surface area contributed by atoms with Crippen LogP contribution in [-0.4, -0.2) is 61.2 Å². The van der Waals surface area contributed by atoms with Crippen molar-refractivity contribution in [2.75, 3.05) is 23.4 Å². The fourth-order valence-corrected chi connectivity index (χ4v) is 3.20. The fourth-order valence-electron chi connectivity index (χ4n) is 3.20. The third-order valence-electron chi connectivity index (χ3n) is 4.90. The zero-order valence-electron chi connectivity index (χ0n) is 20.9. The number of carboxylic acid groups (broad SMARTS) is 1. The van der Waals surface area contributed by atoms with Gasteiger partial charge in [0.05, 0.1) is 24.9 Å². The Morgan fingerprint density at radius 2 is 1.73 bits per heavy atom. The van der Waals surface area contributed by atoms with Crippen molar-refractivity contribution in [2.45, 2.75) is 45.8 Å². The van der Waals surface area contributed by atoms with Crippen molar-refractivity contribution in [3.8, 4) is 0 Å². The quantitative estimate of drug-likeness (QED) is 0.296. The topological polar surface area (TPSA) is 200 Å². The van der Waals surface area contributed by atoms with Gasteiger partial charge in [-0.2, -0.15) is 9.97 Å². The van der Waals surface area contributed by atoms with Gasteiger partial charge in [0.25, 0.3) is 5.91 Å². The smallest absolute Gasteiger partial charge is 0.353 e. The minimum Gasteiger partial charge on any atom is -0.481 e. The van der Waals surface area contributed by atoms with E-state index in [-0.39, 0.29) is 35.9 Å². The van der Waals surface area contributed by atoms with E-state index in [1.54, 1.807) is 51.2 Å². The number of aliphatic carboxylic acids is 1. The highest BCUT2D eigenvalue weighted by Crippen LogP contribution is 2.19. The number of fused-ring (bicyclic) bond motifs is 1. The summed E-state index contributed by atoms with van der Waals surface area (Å²) in [5.74, 6) is -2.48. The molecule has 5 N–H and O–H groups in total. The molecule has 0 radical (unpaired) electrons. The van der Waals surface area contributed by atoms with Crippen LogP contribution in [0.4, 0.5) is 17.5 Å². The minimum absolute atomic E-state index is 0.0169. The van der Waals surface area contributed by atoms with Gasteiger partial charge in [-0.05, 0) is 45.0 Å². The van der Waals surface area contributed by atoms with Crippen LogP contribution < -0.4 is 16.4 Å². The number of carbonyl (C=O) groups is 3. The van der Waals surface area contributed by atoms with E-state index >= 15 is 0 Å². The van der Waals surface area contributed by atoms with E-state index in [1.165, 1.54) is 0 Å². The maximum absolute atomic E-state index is 12.7. The number of carbonyl (C=O) groups excluding carboxylic acids is 2. The summed E-state index contributed by atoms with van der Waals surface area (Å²) >= 11 is 0. The summed E-state index contributed by atoms with van der Waals surface area (Å²) in [4.78, 5) is 58.5. The van der Waals surface area contributed by atoms with Crippen LogP contribution in [-0.2, 0) is 20.9 Å². The Bertz CT molecular complexity index is 1370. The summed E-state index contributed by atoms with van der Waals surface area (Å²) in [7, 11) is 1.83. The summed E-state index contributed by atoms with van der Waals surface area (Å²) in [5.41, 5.74) is 12.7. The van der Waals surface area contributed by atoms with Gasteiger partial charge in [0, 0.05) is 24.7 Å². The molecule has 37 heavy (non-hydrogen) atoms. The number of esters is 1. The number of hydrogen-bond acceptors (Lipinski definition) is 11. The van der Waals surface area contributed by atoms with Crippen LogP contribution in [0.5, 0.6) is 0 Å². The number of nitrogens with zero attached hydrogens (tertiary/aromatic N) is 6. The van der Waals surface area contributed by atoms with Crippen molar-refractivity contribution < 1.29 is 24.2 Å². The molecule has 3 aromatic rings. The number of anilines is 3. The van der Waals surface area contributed by atoms with Crippen LogP contribution in [0, 0.1) is 0 Å². The molecule has 13 heteroatoms. The van der Waals surface area contributed by atoms with Gasteiger partial charge in [0.2, 0.25) is 5.95 Å². The summed E-state index contributed by atoms with van der Waals surface area (Å²) in [6.07, 6.45) is 0.969. The molecule has 13 nitrogen and oxygen atoms in total. The standard InChI is InChI=1S/C24H28N8O5/c1-24(2,3)37-22(36)16(9-10-17(33)34)29-21(35)13-5-7-15(8-6-13)32(4)12-14-11-27-20-18(28-14)19(25)30-23(26)31-20/h5-8,11H,9-10,12H2,1-4H3,(H,33,34)(H4,25,26,27,30,31). The molecule has 194 valence electrons. The lowest BCUT2D eigenvalue weighted by Crippen LogP contribution is -2.30. The minimum atomic E-state index is -1.12. The maximum atomic E-state index is 12.7. The van der Waals surface area contributed by atoms with Gasteiger partial charge in [0.1, 0.15) is 11.3 Å². The van der Waals surface area contributed by atoms with E-state index < -0.39 is 23.4 Å². The van der Waals surface area contributed by atoms with Crippen LogP contribution in [0.3, 0.4) is 0 Å². The Labute approximate surface area is 212 Å². The second-order valence-corrected chi connectivity index (χ2v) is 9.16. The number of carboxylic acids is 1. The van der Waals surface area contributed by atoms with Gasteiger partial charge in [0.15, 0.2) is 17.0 Å². The molecule has 0 fully saturated rings. The van der Waals surface area contributed by atoms with Crippen molar-refractivity contribution >= 4 is 52.2 Å². The average Bonchev–Trinajstić information content (AvgIpc) is 2.80. The molecule has 0 spiro atoms. The van der Waals surface area contributed by atoms with Gasteiger partial charge in [-0.1, -0.05) is 0 Å². The van der Waals surface area contributed by atoms with Crippen molar-refractivity contribution in [2.24, 2.45) is 4.99 Å². The normalized spacial score (nSPS) is 11.8. The van der Waals surface area contributed by atoms with E-state index in [4.69, 9.17) is 21.3 Å². The molecule has 2 aromatic heterocycles. The number of ether oxygens (including phenoxy) is 1. The molecule has 3 rings (SSSR count). The highest BCUT2D eigenvalue weighted by atomic mass is 16.6. The summed E-state index contributed by atoms with van der Waals surface area (Å²) < 4.78 is 5.26. The van der Waals surface area contributed by atoms with Crippen LogP contribution in [0.1, 0.15) is 49.7 Å².